The van der Waals surface area contributed by atoms with E-state index in [9.17, 15) is 19.1 Å². The Hall–Kier alpha value is -2.35. The zero-order valence-electron chi connectivity index (χ0n) is 15.2. The average Bonchev–Trinajstić information content (AvgIpc) is 2.68. The molecule has 3 rings (SSSR count). The van der Waals surface area contributed by atoms with Crippen LogP contribution in [0.25, 0.3) is 0 Å². The minimum Gasteiger partial charge on any atom is -0.493 e. The van der Waals surface area contributed by atoms with E-state index < -0.39 is 11.5 Å². The average molecular weight is 380 g/mol. The van der Waals surface area contributed by atoms with Crippen LogP contribution >= 0.6 is 0 Å². The molecule has 27 heavy (non-hydrogen) atoms. The molecule has 2 aliphatic heterocycles. The second kappa shape index (κ2) is 8.56. The Balaban J connectivity index is 1.54. The summed E-state index contributed by atoms with van der Waals surface area (Å²) < 4.78 is 23.9. The summed E-state index contributed by atoms with van der Waals surface area (Å²) in [6.45, 7) is 2.15. The Morgan fingerprint density at radius 1 is 1.30 bits per heavy atom. The van der Waals surface area contributed by atoms with E-state index in [1.807, 2.05) is 0 Å². The molecule has 2 N–H and O–H groups in total. The molecule has 0 aliphatic carbocycles. The molecule has 7 nitrogen and oxygen atoms in total. The molecule has 0 unspecified atom stereocenters. The van der Waals surface area contributed by atoms with Gasteiger partial charge in [-0.2, -0.15) is 0 Å². The van der Waals surface area contributed by atoms with Gasteiger partial charge in [0, 0.05) is 45.1 Å². The molecule has 0 radical (unpaired) electrons. The molecular weight excluding hydrogens is 355 g/mol. The second-order valence-electron chi connectivity index (χ2n) is 7.15. The molecule has 0 bridgehead atoms. The first-order valence-corrected chi connectivity index (χ1v) is 9.25. The number of carboxylic acids is 1. The minimum atomic E-state index is -1.26. The maximum absolute atomic E-state index is 12.9. The van der Waals surface area contributed by atoms with Crippen molar-refractivity contribution in [1.82, 2.24) is 10.2 Å². The SMILES string of the molecule is O=C(NC1(C(=O)O)CCOCC1)N1CCC[C@@H](COc2ccc(F)cc2)C1. The van der Waals surface area contributed by atoms with Crippen LogP contribution in [0.2, 0.25) is 0 Å². The highest BCUT2D eigenvalue weighted by molar-refractivity contribution is 5.86. The zero-order valence-corrected chi connectivity index (χ0v) is 15.2. The number of ether oxygens (including phenoxy) is 2. The van der Waals surface area contributed by atoms with Crippen LogP contribution in [0.5, 0.6) is 5.75 Å². The van der Waals surface area contributed by atoms with Crippen molar-refractivity contribution in [3.05, 3.63) is 30.1 Å². The first kappa shape index (κ1) is 19.4. The monoisotopic (exact) mass is 380 g/mol. The maximum Gasteiger partial charge on any atom is 0.329 e. The molecule has 1 aromatic rings. The van der Waals surface area contributed by atoms with Gasteiger partial charge < -0.3 is 24.8 Å². The first-order valence-electron chi connectivity index (χ1n) is 9.25. The Labute approximate surface area is 157 Å². The fourth-order valence-electron chi connectivity index (χ4n) is 3.53. The summed E-state index contributed by atoms with van der Waals surface area (Å²) >= 11 is 0. The van der Waals surface area contributed by atoms with Crippen LogP contribution in [0.15, 0.2) is 24.3 Å². The van der Waals surface area contributed by atoms with Crippen LogP contribution < -0.4 is 10.1 Å². The molecule has 0 spiro atoms. The number of carbonyl (C=O) groups is 2. The maximum atomic E-state index is 12.9. The normalized spacial score (nSPS) is 22.1. The van der Waals surface area contributed by atoms with Crippen molar-refractivity contribution in [3.63, 3.8) is 0 Å². The van der Waals surface area contributed by atoms with E-state index in [1.165, 1.54) is 12.1 Å². The molecule has 8 heteroatoms. The lowest BCUT2D eigenvalue weighted by Gasteiger charge is -2.38. The number of benzene rings is 1. The van der Waals surface area contributed by atoms with E-state index in [2.05, 4.69) is 5.32 Å². The van der Waals surface area contributed by atoms with Crippen LogP contribution in [0.3, 0.4) is 0 Å². The molecule has 148 valence electrons. The molecular formula is C19H25FN2O5. The van der Waals surface area contributed by atoms with Gasteiger partial charge in [-0.25, -0.2) is 14.0 Å². The summed E-state index contributed by atoms with van der Waals surface area (Å²) in [5.74, 6) is -0.606. The lowest BCUT2D eigenvalue weighted by atomic mass is 9.90. The Morgan fingerprint density at radius 2 is 2.00 bits per heavy atom. The van der Waals surface area contributed by atoms with Crippen molar-refractivity contribution in [1.29, 1.82) is 0 Å². The van der Waals surface area contributed by atoms with Gasteiger partial charge in [-0.05, 0) is 37.1 Å². The topological polar surface area (TPSA) is 88.1 Å². The number of urea groups is 1. The highest BCUT2D eigenvalue weighted by Gasteiger charge is 2.42. The zero-order chi connectivity index (χ0) is 19.3. The van der Waals surface area contributed by atoms with Crippen molar-refractivity contribution in [3.8, 4) is 5.75 Å². The molecule has 0 saturated carbocycles. The molecule has 2 heterocycles. The molecule has 1 atom stereocenters. The van der Waals surface area contributed by atoms with Gasteiger partial charge in [0.05, 0.1) is 6.61 Å². The number of nitrogens with zero attached hydrogens (tertiary/aromatic N) is 1. The number of halogens is 1. The van der Waals surface area contributed by atoms with Crippen LogP contribution in [-0.2, 0) is 9.53 Å². The largest absolute Gasteiger partial charge is 0.493 e. The number of hydrogen-bond acceptors (Lipinski definition) is 4. The lowest BCUT2D eigenvalue weighted by molar-refractivity contribution is -0.148. The number of likely N-dealkylation sites (tertiary alicyclic amines) is 1. The lowest BCUT2D eigenvalue weighted by Crippen LogP contribution is -2.61. The Kier molecular flexibility index (Phi) is 6.15. The van der Waals surface area contributed by atoms with Crippen LogP contribution in [0.1, 0.15) is 25.7 Å². The van der Waals surface area contributed by atoms with Gasteiger partial charge in [0.15, 0.2) is 0 Å². The van der Waals surface area contributed by atoms with Crippen molar-refractivity contribution < 1.29 is 28.6 Å². The van der Waals surface area contributed by atoms with Gasteiger partial charge in [0.2, 0.25) is 0 Å². The number of nitrogens with one attached hydrogen (secondary N) is 1. The molecule has 2 aliphatic rings. The van der Waals surface area contributed by atoms with Gasteiger partial charge in [-0.1, -0.05) is 0 Å². The third-order valence-corrected chi connectivity index (χ3v) is 5.21. The van der Waals surface area contributed by atoms with E-state index in [0.717, 1.165) is 12.8 Å². The fourth-order valence-corrected chi connectivity index (χ4v) is 3.53. The highest BCUT2D eigenvalue weighted by atomic mass is 19.1. The number of aliphatic carboxylic acids is 1. The summed E-state index contributed by atoms with van der Waals surface area (Å²) in [4.78, 5) is 26.0. The number of carboxylic acid groups (broad SMARTS) is 1. The van der Waals surface area contributed by atoms with E-state index in [-0.39, 0.29) is 30.6 Å². The van der Waals surface area contributed by atoms with Gasteiger partial charge in [-0.3, -0.25) is 0 Å². The molecule has 2 amide bonds. The number of amides is 2. The molecule has 2 saturated heterocycles. The van der Waals surface area contributed by atoms with Gasteiger partial charge >= 0.3 is 12.0 Å². The Morgan fingerprint density at radius 3 is 2.67 bits per heavy atom. The van der Waals surface area contributed by atoms with Crippen molar-refractivity contribution in [2.75, 3.05) is 32.9 Å². The smallest absolute Gasteiger partial charge is 0.329 e. The van der Waals surface area contributed by atoms with E-state index in [1.54, 1.807) is 17.0 Å². The molecule has 0 aromatic heterocycles. The van der Waals surface area contributed by atoms with Crippen LogP contribution in [0.4, 0.5) is 9.18 Å². The summed E-state index contributed by atoms with van der Waals surface area (Å²) in [6, 6.07) is 5.48. The number of rotatable bonds is 5. The van der Waals surface area contributed by atoms with Crippen molar-refractivity contribution in [2.24, 2.45) is 5.92 Å². The highest BCUT2D eigenvalue weighted by Crippen LogP contribution is 2.23. The molecule has 2 fully saturated rings. The third kappa shape index (κ3) is 4.88. The van der Waals surface area contributed by atoms with Crippen LogP contribution in [-0.4, -0.2) is 60.5 Å². The number of hydrogen-bond donors (Lipinski definition) is 2. The van der Waals surface area contributed by atoms with E-state index in [0.29, 0.717) is 38.7 Å². The van der Waals surface area contributed by atoms with Crippen molar-refractivity contribution in [2.45, 2.75) is 31.2 Å². The second-order valence-corrected chi connectivity index (χ2v) is 7.15. The van der Waals surface area contributed by atoms with Crippen molar-refractivity contribution >= 4 is 12.0 Å². The third-order valence-electron chi connectivity index (χ3n) is 5.21. The Bertz CT molecular complexity index is 661. The van der Waals surface area contributed by atoms with Gasteiger partial charge in [0.1, 0.15) is 17.1 Å². The minimum absolute atomic E-state index is 0.144. The number of carbonyl (C=O) groups excluding carboxylic acids is 1. The summed E-state index contributed by atoms with van der Waals surface area (Å²) in [6.07, 6.45) is 2.27. The standard InChI is InChI=1S/C19H25FN2O5/c20-15-3-5-16(6-4-15)27-13-14-2-1-9-22(12-14)18(25)21-19(17(23)24)7-10-26-11-8-19/h3-6,14H,1-2,7-13H2,(H,21,25)(H,23,24)/t14-/m1/s1. The van der Waals surface area contributed by atoms with Crippen LogP contribution in [0, 0.1) is 11.7 Å². The summed E-state index contributed by atoms with van der Waals surface area (Å²) in [5.41, 5.74) is -1.26. The van der Waals surface area contributed by atoms with Gasteiger partial charge in [0.25, 0.3) is 0 Å². The quantitative estimate of drug-likeness (QED) is 0.818. The van der Waals surface area contributed by atoms with E-state index >= 15 is 0 Å². The predicted octanol–water partition coefficient (Wildman–Crippen LogP) is 2.26. The summed E-state index contributed by atoms with van der Waals surface area (Å²) in [7, 11) is 0. The number of piperidine rings is 1. The van der Waals surface area contributed by atoms with E-state index in [4.69, 9.17) is 9.47 Å². The fraction of sp³-hybridized carbons (Fsp3) is 0.579. The molecule has 1 aromatic carbocycles. The predicted molar refractivity (Wildman–Crippen MR) is 95.1 cm³/mol. The summed E-state index contributed by atoms with van der Waals surface area (Å²) in [5, 5.41) is 12.3. The first-order chi connectivity index (χ1) is 13.0. The van der Waals surface area contributed by atoms with Gasteiger partial charge in [-0.15, -0.1) is 0 Å².